The summed E-state index contributed by atoms with van der Waals surface area (Å²) in [7, 11) is 0. The van der Waals surface area contributed by atoms with Crippen molar-refractivity contribution >= 4 is 0 Å². The van der Waals surface area contributed by atoms with Crippen LogP contribution < -0.4 is 0 Å². The highest BCUT2D eigenvalue weighted by molar-refractivity contribution is 4.86. The lowest BCUT2D eigenvalue weighted by molar-refractivity contribution is -0.199. The number of aliphatic hydroxyl groups is 3. The van der Waals surface area contributed by atoms with Gasteiger partial charge < -0.3 is 24.8 Å². The fourth-order valence-corrected chi connectivity index (χ4v) is 3.49. The summed E-state index contributed by atoms with van der Waals surface area (Å²) in [4.78, 5) is 0. The molecular weight excluding hydrogens is 356 g/mol. The van der Waals surface area contributed by atoms with E-state index in [0.717, 1.165) is 12.8 Å². The molecule has 0 saturated carbocycles. The Balaban J connectivity index is 1.82. The van der Waals surface area contributed by atoms with Gasteiger partial charge in [-0.15, -0.1) is 0 Å². The van der Waals surface area contributed by atoms with Crippen molar-refractivity contribution in [2.75, 3.05) is 19.8 Å². The van der Waals surface area contributed by atoms with Crippen molar-refractivity contribution in [3.8, 4) is 0 Å². The summed E-state index contributed by atoms with van der Waals surface area (Å²) in [6.07, 6.45) is 17.4. The molecule has 5 nitrogen and oxygen atoms in total. The van der Waals surface area contributed by atoms with Crippen molar-refractivity contribution in [2.24, 2.45) is 0 Å². The van der Waals surface area contributed by atoms with E-state index in [9.17, 15) is 15.3 Å². The second-order valence-corrected chi connectivity index (χ2v) is 8.08. The van der Waals surface area contributed by atoms with Crippen LogP contribution in [0.5, 0.6) is 0 Å². The van der Waals surface area contributed by atoms with Gasteiger partial charge in [0.05, 0.1) is 13.2 Å². The Morgan fingerprint density at radius 2 is 1.36 bits per heavy atom. The first-order valence-electron chi connectivity index (χ1n) is 11.5. The summed E-state index contributed by atoms with van der Waals surface area (Å²) in [5.41, 5.74) is 0. The minimum absolute atomic E-state index is 0.0404. The van der Waals surface area contributed by atoms with Crippen LogP contribution in [0.15, 0.2) is 12.2 Å². The molecule has 5 heteroatoms. The Morgan fingerprint density at radius 3 is 2.00 bits per heavy atom. The van der Waals surface area contributed by atoms with Crippen molar-refractivity contribution in [3.05, 3.63) is 12.2 Å². The molecule has 1 saturated heterocycles. The number of hydrogen-bond acceptors (Lipinski definition) is 5. The van der Waals surface area contributed by atoms with Gasteiger partial charge in [0.2, 0.25) is 0 Å². The molecule has 28 heavy (non-hydrogen) atoms. The maximum absolute atomic E-state index is 9.82. The van der Waals surface area contributed by atoms with Gasteiger partial charge in [-0.2, -0.15) is 0 Å². The summed E-state index contributed by atoms with van der Waals surface area (Å²) < 4.78 is 10.9. The average Bonchev–Trinajstić information content (AvgIpc) is 2.70. The van der Waals surface area contributed by atoms with Gasteiger partial charge in [0.25, 0.3) is 0 Å². The second-order valence-electron chi connectivity index (χ2n) is 8.08. The predicted molar refractivity (Wildman–Crippen MR) is 113 cm³/mol. The highest BCUT2D eigenvalue weighted by atomic mass is 16.6. The summed E-state index contributed by atoms with van der Waals surface area (Å²) in [5.74, 6) is 0. The standard InChI is InChI=1S/C23H44O5/c1-2-3-4-5-6-7-8-9-10-11-12-13-14-15-16-17-27-19-21-23(26)22(25)20(24)18-28-21/h10-11,20-26H,2-9,12-19H2,1H3/b11-10+/t20-,21+,22+,23+/m0/s1. The molecule has 4 atom stereocenters. The van der Waals surface area contributed by atoms with Crippen molar-refractivity contribution in [1.82, 2.24) is 0 Å². The van der Waals surface area contributed by atoms with Crippen LogP contribution in [0.3, 0.4) is 0 Å². The van der Waals surface area contributed by atoms with Crippen molar-refractivity contribution in [2.45, 2.75) is 115 Å². The first-order chi connectivity index (χ1) is 13.7. The zero-order valence-corrected chi connectivity index (χ0v) is 17.9. The summed E-state index contributed by atoms with van der Waals surface area (Å²) >= 11 is 0. The smallest absolute Gasteiger partial charge is 0.111 e. The topological polar surface area (TPSA) is 79.2 Å². The van der Waals surface area contributed by atoms with Crippen LogP contribution >= 0.6 is 0 Å². The highest BCUT2D eigenvalue weighted by Gasteiger charge is 2.37. The van der Waals surface area contributed by atoms with E-state index in [4.69, 9.17) is 9.47 Å². The van der Waals surface area contributed by atoms with Gasteiger partial charge in [-0.05, 0) is 32.1 Å². The van der Waals surface area contributed by atoms with Crippen LogP contribution in [0, 0.1) is 0 Å². The molecule has 0 radical (unpaired) electrons. The van der Waals surface area contributed by atoms with Crippen LogP contribution in [0.1, 0.15) is 90.4 Å². The minimum Gasteiger partial charge on any atom is -0.388 e. The lowest BCUT2D eigenvalue weighted by Crippen LogP contribution is -2.54. The van der Waals surface area contributed by atoms with E-state index in [1.807, 2.05) is 0 Å². The van der Waals surface area contributed by atoms with Gasteiger partial charge in [0, 0.05) is 6.61 Å². The van der Waals surface area contributed by atoms with E-state index in [-0.39, 0.29) is 13.2 Å². The molecule has 166 valence electrons. The minimum atomic E-state index is -1.15. The Labute approximate surface area is 172 Å². The molecule has 0 spiro atoms. The van der Waals surface area contributed by atoms with E-state index in [1.54, 1.807) is 0 Å². The third-order valence-electron chi connectivity index (χ3n) is 5.44. The fraction of sp³-hybridized carbons (Fsp3) is 0.913. The normalized spacial score (nSPS) is 25.6. The van der Waals surface area contributed by atoms with Crippen LogP contribution in [0.2, 0.25) is 0 Å². The van der Waals surface area contributed by atoms with Gasteiger partial charge in [-0.3, -0.25) is 0 Å². The molecule has 0 unspecified atom stereocenters. The molecule has 0 aromatic carbocycles. The largest absolute Gasteiger partial charge is 0.388 e. The maximum atomic E-state index is 9.82. The molecule has 3 N–H and O–H groups in total. The molecule has 0 amide bonds. The summed E-state index contributed by atoms with van der Waals surface area (Å²) in [6, 6.07) is 0. The zero-order chi connectivity index (χ0) is 20.5. The van der Waals surface area contributed by atoms with E-state index >= 15 is 0 Å². The Hall–Kier alpha value is -0.460. The summed E-state index contributed by atoms with van der Waals surface area (Å²) in [6.45, 7) is 3.20. The number of ether oxygens (including phenoxy) is 2. The zero-order valence-electron chi connectivity index (χ0n) is 17.9. The van der Waals surface area contributed by atoms with Gasteiger partial charge in [-0.25, -0.2) is 0 Å². The molecule has 0 bridgehead atoms. The van der Waals surface area contributed by atoms with Crippen LogP contribution in [0.4, 0.5) is 0 Å². The molecule has 0 aromatic rings. The molecule has 0 aliphatic carbocycles. The van der Waals surface area contributed by atoms with E-state index < -0.39 is 24.4 Å². The van der Waals surface area contributed by atoms with E-state index in [2.05, 4.69) is 19.1 Å². The monoisotopic (exact) mass is 400 g/mol. The van der Waals surface area contributed by atoms with Crippen molar-refractivity contribution in [1.29, 1.82) is 0 Å². The second kappa shape index (κ2) is 17.4. The van der Waals surface area contributed by atoms with Crippen LogP contribution in [-0.2, 0) is 9.47 Å². The average molecular weight is 401 g/mol. The quantitative estimate of drug-likeness (QED) is 0.253. The molecule has 1 rings (SSSR count). The number of allylic oxidation sites excluding steroid dienone is 2. The Kier molecular flexibility index (Phi) is 15.9. The Bertz CT molecular complexity index is 374. The van der Waals surface area contributed by atoms with Crippen molar-refractivity contribution < 1.29 is 24.8 Å². The first kappa shape index (κ1) is 25.6. The number of rotatable bonds is 17. The molecule has 1 aliphatic rings. The SMILES string of the molecule is CCCCCCCCC/C=C/CCCCCCOC[C@H]1OC[C@H](O)[C@@H](O)[C@@H]1O. The lowest BCUT2D eigenvalue weighted by atomic mass is 10.0. The number of hydrogen-bond donors (Lipinski definition) is 3. The molecule has 0 aromatic heterocycles. The third-order valence-corrected chi connectivity index (χ3v) is 5.44. The maximum Gasteiger partial charge on any atom is 0.111 e. The van der Waals surface area contributed by atoms with Gasteiger partial charge in [-0.1, -0.05) is 70.4 Å². The van der Waals surface area contributed by atoms with Gasteiger partial charge in [0.1, 0.15) is 24.4 Å². The number of aliphatic hydroxyl groups excluding tert-OH is 3. The predicted octanol–water partition coefficient (Wildman–Crippen LogP) is 4.13. The van der Waals surface area contributed by atoms with Gasteiger partial charge >= 0.3 is 0 Å². The van der Waals surface area contributed by atoms with Crippen molar-refractivity contribution in [3.63, 3.8) is 0 Å². The highest BCUT2D eigenvalue weighted by Crippen LogP contribution is 2.16. The van der Waals surface area contributed by atoms with Crippen LogP contribution in [0.25, 0.3) is 0 Å². The third kappa shape index (κ3) is 12.2. The van der Waals surface area contributed by atoms with Crippen LogP contribution in [-0.4, -0.2) is 59.6 Å². The molecule has 1 fully saturated rings. The van der Waals surface area contributed by atoms with Gasteiger partial charge in [0.15, 0.2) is 0 Å². The summed E-state index contributed by atoms with van der Waals surface area (Å²) in [5, 5.41) is 28.8. The number of unbranched alkanes of at least 4 members (excludes halogenated alkanes) is 11. The van der Waals surface area contributed by atoms with E-state index in [0.29, 0.717) is 6.61 Å². The molecular formula is C23H44O5. The molecule has 1 heterocycles. The first-order valence-corrected chi connectivity index (χ1v) is 11.5. The molecule has 1 aliphatic heterocycles. The fourth-order valence-electron chi connectivity index (χ4n) is 3.49. The van der Waals surface area contributed by atoms with E-state index in [1.165, 1.54) is 70.6 Å². The lowest BCUT2D eigenvalue weighted by Gasteiger charge is -2.35. The Morgan fingerprint density at radius 1 is 0.786 bits per heavy atom.